The first-order valence-electron chi connectivity index (χ1n) is 10.7. The molecular weight excluding hydrogens is 514 g/mol. The van der Waals surface area contributed by atoms with Crippen molar-refractivity contribution >= 4 is 66.8 Å². The largest absolute Gasteiger partial charge is 0.378 e. The lowest BCUT2D eigenvalue weighted by molar-refractivity contribution is -0.122. The number of fused-ring (bicyclic) bond motifs is 3. The van der Waals surface area contributed by atoms with Gasteiger partial charge in [-0.1, -0.05) is 35.1 Å². The number of nitrogens with zero attached hydrogens (tertiary/aromatic N) is 4. The summed E-state index contributed by atoms with van der Waals surface area (Å²) < 4.78 is 0.795. The Bertz CT molecular complexity index is 1250. The predicted octanol–water partition coefficient (Wildman–Crippen LogP) is 4.19. The van der Waals surface area contributed by atoms with Gasteiger partial charge in [0.25, 0.3) is 0 Å². The minimum absolute atomic E-state index is 0.0649. The lowest BCUT2D eigenvalue weighted by Gasteiger charge is -2.28. The van der Waals surface area contributed by atoms with Gasteiger partial charge < -0.3 is 20.9 Å². The predicted molar refractivity (Wildman–Crippen MR) is 130 cm³/mol. The van der Waals surface area contributed by atoms with Crippen molar-refractivity contribution in [3.63, 3.8) is 0 Å². The minimum Gasteiger partial charge on any atom is -0.378 e. The zero-order valence-electron chi connectivity index (χ0n) is 17.0. The Kier molecular flexibility index (Phi) is 4.92. The van der Waals surface area contributed by atoms with Crippen LogP contribution < -0.4 is 16.0 Å². The maximum Gasteiger partial charge on any atom is 0.223 e. The summed E-state index contributed by atoms with van der Waals surface area (Å²) in [6, 6.07) is -0.0649. The van der Waals surface area contributed by atoms with Gasteiger partial charge in [0.15, 0.2) is 21.8 Å². The number of rotatable bonds is 5. The number of primary amides is 1. The monoisotopic (exact) mass is 533 g/mol. The Morgan fingerprint density at radius 2 is 2.06 bits per heavy atom. The zero-order chi connectivity index (χ0) is 22.0. The summed E-state index contributed by atoms with van der Waals surface area (Å²) in [4.78, 5) is 32.3. The molecule has 32 heavy (non-hydrogen) atoms. The van der Waals surface area contributed by atoms with E-state index in [2.05, 4.69) is 53.3 Å². The van der Waals surface area contributed by atoms with Crippen LogP contribution in [0.4, 0.5) is 10.8 Å². The molecule has 0 radical (unpaired) electrons. The number of pyridine rings is 1. The maximum absolute atomic E-state index is 12.2. The molecule has 1 saturated heterocycles. The summed E-state index contributed by atoms with van der Waals surface area (Å²) in [5.74, 6) is 0.608. The molecule has 3 aromatic heterocycles. The van der Waals surface area contributed by atoms with Gasteiger partial charge in [0.1, 0.15) is 10.4 Å². The van der Waals surface area contributed by atoms with E-state index in [0.717, 1.165) is 45.2 Å². The molecule has 1 aliphatic heterocycles. The summed E-state index contributed by atoms with van der Waals surface area (Å²) in [6.07, 6.45) is 9.32. The normalized spacial score (nSPS) is 26.5. The van der Waals surface area contributed by atoms with Crippen LogP contribution in [0.15, 0.2) is 22.8 Å². The van der Waals surface area contributed by atoms with Crippen LogP contribution in [-0.2, 0) is 4.79 Å². The number of halogens is 2. The van der Waals surface area contributed by atoms with E-state index in [9.17, 15) is 4.79 Å². The van der Waals surface area contributed by atoms with Crippen LogP contribution in [0.3, 0.4) is 0 Å². The fraction of sp³-hybridized carbons (Fsp3) is 0.429. The van der Waals surface area contributed by atoms with Crippen LogP contribution in [0.2, 0.25) is 5.15 Å². The topological polar surface area (TPSA) is 113 Å². The highest BCUT2D eigenvalue weighted by atomic mass is 79.9. The van der Waals surface area contributed by atoms with Gasteiger partial charge in [-0.05, 0) is 47.0 Å². The molecule has 2 bridgehead atoms. The molecule has 1 amide bonds. The second-order valence-electron chi connectivity index (χ2n) is 8.62. The van der Waals surface area contributed by atoms with Crippen molar-refractivity contribution in [2.24, 2.45) is 23.5 Å². The van der Waals surface area contributed by atoms with Crippen LogP contribution in [0, 0.1) is 17.8 Å². The number of thiazole rings is 1. The van der Waals surface area contributed by atoms with E-state index in [0.29, 0.717) is 16.6 Å². The number of H-pyrrole nitrogens is 1. The Hall–Kier alpha value is -2.17. The number of aromatic amines is 1. The summed E-state index contributed by atoms with van der Waals surface area (Å²) >= 11 is 11.7. The van der Waals surface area contributed by atoms with Gasteiger partial charge >= 0.3 is 0 Å². The molecule has 2 aliphatic carbocycles. The highest BCUT2D eigenvalue weighted by Crippen LogP contribution is 2.46. The van der Waals surface area contributed by atoms with Crippen LogP contribution in [0.1, 0.15) is 19.3 Å². The molecule has 0 spiro atoms. The van der Waals surface area contributed by atoms with Crippen molar-refractivity contribution in [2.45, 2.75) is 25.3 Å². The van der Waals surface area contributed by atoms with Gasteiger partial charge in [-0.2, -0.15) is 0 Å². The van der Waals surface area contributed by atoms with Crippen molar-refractivity contribution in [1.82, 2.24) is 19.9 Å². The number of carbonyl (C=O) groups excluding carboxylic acids is 1. The van der Waals surface area contributed by atoms with Crippen molar-refractivity contribution in [1.29, 1.82) is 0 Å². The van der Waals surface area contributed by atoms with E-state index in [4.69, 9.17) is 22.3 Å². The second-order valence-corrected chi connectivity index (χ2v) is 10.8. The number of allylic oxidation sites excluding steroid dienone is 1. The molecule has 3 aromatic rings. The molecule has 0 unspecified atom stereocenters. The van der Waals surface area contributed by atoms with E-state index < -0.39 is 0 Å². The molecular formula is C21H21BrClN7OS. The van der Waals surface area contributed by atoms with E-state index >= 15 is 0 Å². The summed E-state index contributed by atoms with van der Waals surface area (Å²) in [5.41, 5.74) is 7.91. The van der Waals surface area contributed by atoms with E-state index in [1.54, 1.807) is 17.5 Å². The minimum atomic E-state index is -0.267. The highest BCUT2D eigenvalue weighted by Gasteiger charge is 2.47. The van der Waals surface area contributed by atoms with Crippen LogP contribution in [0.25, 0.3) is 21.9 Å². The highest BCUT2D eigenvalue weighted by molar-refractivity contribution is 9.10. The first-order chi connectivity index (χ1) is 15.5. The van der Waals surface area contributed by atoms with Crippen LogP contribution >= 0.6 is 38.9 Å². The van der Waals surface area contributed by atoms with Gasteiger partial charge in [-0.3, -0.25) is 4.79 Å². The van der Waals surface area contributed by atoms with E-state index in [-0.39, 0.29) is 29.7 Å². The number of imidazole rings is 1. The van der Waals surface area contributed by atoms with E-state index in [1.165, 1.54) is 12.8 Å². The number of aromatic nitrogens is 4. The number of carbonyl (C=O) groups is 1. The van der Waals surface area contributed by atoms with Crippen molar-refractivity contribution in [2.75, 3.05) is 23.3 Å². The van der Waals surface area contributed by atoms with Crippen LogP contribution in [0.5, 0.6) is 0 Å². The molecule has 1 saturated carbocycles. The number of hydrogen-bond acceptors (Lipinski definition) is 7. The Labute approximate surface area is 201 Å². The van der Waals surface area contributed by atoms with Gasteiger partial charge in [-0.15, -0.1) is 0 Å². The molecule has 4 atom stereocenters. The average Bonchev–Trinajstić information content (AvgIpc) is 3.57. The van der Waals surface area contributed by atoms with Gasteiger partial charge in [0, 0.05) is 25.3 Å². The van der Waals surface area contributed by atoms with Crippen molar-refractivity contribution < 1.29 is 4.79 Å². The average molecular weight is 535 g/mol. The Balaban J connectivity index is 1.37. The first-order valence-corrected chi connectivity index (χ1v) is 12.7. The van der Waals surface area contributed by atoms with Gasteiger partial charge in [0.05, 0.1) is 16.1 Å². The summed E-state index contributed by atoms with van der Waals surface area (Å²) in [7, 11) is 0. The first kappa shape index (κ1) is 20.4. The number of nitrogens with one attached hydrogen (secondary N) is 2. The number of anilines is 2. The quantitative estimate of drug-likeness (QED) is 0.423. The molecule has 6 rings (SSSR count). The third-order valence-electron chi connectivity index (χ3n) is 6.74. The molecule has 0 aromatic carbocycles. The number of hydrogen-bond donors (Lipinski definition) is 3. The molecule has 4 heterocycles. The maximum atomic E-state index is 12.2. The third-order valence-corrected chi connectivity index (χ3v) is 8.85. The zero-order valence-corrected chi connectivity index (χ0v) is 20.2. The number of nitrogens with two attached hydrogens (primary N) is 1. The standard InChI is InChI=1S/C21H21BrClN7OS/c22-11-8-25-19-15(14(11)26-13-10-4-3-9(7-10)12(13)18(24)31)27-20(29-19)16-17(23)28-21(32-16)30-5-1-2-6-30/h3-4,8-10,12-13H,1-2,5-7H2,(H2,24,31)(H2,25,26,27,29)/t9-,10+,12+,13-/m1/s1. The fourth-order valence-electron chi connectivity index (χ4n) is 5.24. The molecule has 3 aliphatic rings. The van der Waals surface area contributed by atoms with Gasteiger partial charge in [0.2, 0.25) is 5.91 Å². The molecule has 11 heteroatoms. The lowest BCUT2D eigenvalue weighted by Crippen LogP contribution is -2.41. The van der Waals surface area contributed by atoms with Crippen molar-refractivity contribution in [3.05, 3.63) is 28.0 Å². The molecule has 2 fully saturated rings. The summed E-state index contributed by atoms with van der Waals surface area (Å²) in [5, 5.41) is 4.95. The number of amides is 1. The second kappa shape index (κ2) is 7.71. The SMILES string of the molecule is NC(=O)[C@@H]1[C@H](Nc2c(Br)cnc3nc(-c4sc(N5CCCC5)nc4Cl)[nH]c23)[C@H]2C=C[C@@H]1C2. The van der Waals surface area contributed by atoms with Crippen molar-refractivity contribution in [3.8, 4) is 10.7 Å². The van der Waals surface area contributed by atoms with E-state index in [1.807, 2.05) is 0 Å². The Morgan fingerprint density at radius 1 is 1.28 bits per heavy atom. The van der Waals surface area contributed by atoms with Crippen LogP contribution in [-0.4, -0.2) is 45.0 Å². The summed E-state index contributed by atoms with van der Waals surface area (Å²) in [6.45, 7) is 2.01. The van der Waals surface area contributed by atoms with Gasteiger partial charge in [-0.25, -0.2) is 15.0 Å². The smallest absolute Gasteiger partial charge is 0.223 e. The molecule has 4 N–H and O–H groups in total. The third kappa shape index (κ3) is 3.22. The molecule has 166 valence electrons. The molecule has 8 nitrogen and oxygen atoms in total. The fourth-order valence-corrected chi connectivity index (χ4v) is 6.94. The Morgan fingerprint density at radius 3 is 2.84 bits per heavy atom. The lowest BCUT2D eigenvalue weighted by atomic mass is 9.88.